The van der Waals surface area contributed by atoms with Crippen LogP contribution in [-0.4, -0.2) is 31.1 Å². The van der Waals surface area contributed by atoms with Gasteiger partial charge >= 0.3 is 0 Å². The Hall–Kier alpha value is -1.44. The van der Waals surface area contributed by atoms with Crippen molar-refractivity contribution in [2.24, 2.45) is 0 Å². The molecular weight excluding hydrogens is 229 g/mol. The SMILES string of the molecule is N#CC1(N2CCNCC2)CCc2cc(F)ccc21. The molecule has 0 saturated carbocycles. The van der Waals surface area contributed by atoms with Gasteiger partial charge in [0.05, 0.1) is 6.07 Å². The number of hydrogen-bond donors (Lipinski definition) is 1. The van der Waals surface area contributed by atoms with E-state index in [1.54, 1.807) is 12.1 Å². The molecule has 1 aliphatic carbocycles. The number of rotatable bonds is 1. The fourth-order valence-corrected chi connectivity index (χ4v) is 3.18. The van der Waals surface area contributed by atoms with Gasteiger partial charge in [0.2, 0.25) is 0 Å². The predicted octanol–water partition coefficient (Wildman–Crippen LogP) is 1.40. The maximum absolute atomic E-state index is 13.3. The molecule has 1 aromatic carbocycles. The summed E-state index contributed by atoms with van der Waals surface area (Å²) in [6.45, 7) is 3.59. The summed E-state index contributed by atoms with van der Waals surface area (Å²) >= 11 is 0. The van der Waals surface area contributed by atoms with Crippen LogP contribution >= 0.6 is 0 Å². The minimum atomic E-state index is -0.537. The van der Waals surface area contributed by atoms with Crippen LogP contribution in [0.3, 0.4) is 0 Å². The molecule has 1 heterocycles. The van der Waals surface area contributed by atoms with Gasteiger partial charge in [-0.15, -0.1) is 0 Å². The number of nitrogens with one attached hydrogen (secondary N) is 1. The highest BCUT2D eigenvalue weighted by molar-refractivity contribution is 5.44. The smallest absolute Gasteiger partial charge is 0.135 e. The number of halogens is 1. The summed E-state index contributed by atoms with van der Waals surface area (Å²) in [6, 6.07) is 7.34. The lowest BCUT2D eigenvalue weighted by molar-refractivity contribution is 0.118. The number of nitriles is 1. The van der Waals surface area contributed by atoms with Crippen molar-refractivity contribution >= 4 is 0 Å². The van der Waals surface area contributed by atoms with E-state index in [1.165, 1.54) is 6.07 Å². The summed E-state index contributed by atoms with van der Waals surface area (Å²) in [4.78, 5) is 2.24. The molecule has 1 saturated heterocycles. The zero-order chi connectivity index (χ0) is 12.6. The largest absolute Gasteiger partial charge is 0.314 e. The monoisotopic (exact) mass is 245 g/mol. The molecule has 0 amide bonds. The van der Waals surface area contributed by atoms with Crippen molar-refractivity contribution in [3.8, 4) is 6.07 Å². The van der Waals surface area contributed by atoms with Gasteiger partial charge in [0.15, 0.2) is 0 Å². The minimum absolute atomic E-state index is 0.206. The molecule has 1 unspecified atom stereocenters. The van der Waals surface area contributed by atoms with Crippen LogP contribution in [-0.2, 0) is 12.0 Å². The van der Waals surface area contributed by atoms with E-state index in [0.717, 1.165) is 50.1 Å². The fourth-order valence-electron chi connectivity index (χ4n) is 3.18. The number of benzene rings is 1. The number of piperazine rings is 1. The summed E-state index contributed by atoms with van der Waals surface area (Å²) < 4.78 is 13.3. The third kappa shape index (κ3) is 1.63. The van der Waals surface area contributed by atoms with Crippen molar-refractivity contribution in [3.05, 3.63) is 35.1 Å². The first-order chi connectivity index (χ1) is 8.76. The van der Waals surface area contributed by atoms with Crippen LogP contribution in [0.25, 0.3) is 0 Å². The van der Waals surface area contributed by atoms with Crippen LogP contribution in [0.1, 0.15) is 17.5 Å². The van der Waals surface area contributed by atoms with Crippen LogP contribution in [0.15, 0.2) is 18.2 Å². The summed E-state index contributed by atoms with van der Waals surface area (Å²) in [5.41, 5.74) is 1.47. The van der Waals surface area contributed by atoms with Crippen molar-refractivity contribution in [2.75, 3.05) is 26.2 Å². The van der Waals surface area contributed by atoms with Gasteiger partial charge in [0, 0.05) is 26.2 Å². The zero-order valence-corrected chi connectivity index (χ0v) is 10.2. The van der Waals surface area contributed by atoms with Gasteiger partial charge in [-0.1, -0.05) is 6.07 Å². The first kappa shape index (κ1) is 11.6. The van der Waals surface area contributed by atoms with Crippen LogP contribution in [0, 0.1) is 17.1 Å². The lowest BCUT2D eigenvalue weighted by Crippen LogP contribution is -2.53. The molecule has 1 fully saturated rings. The normalized spacial score (nSPS) is 27.8. The van der Waals surface area contributed by atoms with Gasteiger partial charge in [0.25, 0.3) is 0 Å². The summed E-state index contributed by atoms with van der Waals surface area (Å²) in [5.74, 6) is -0.206. The molecule has 2 aliphatic rings. The molecule has 1 aliphatic heterocycles. The molecule has 0 aromatic heterocycles. The quantitative estimate of drug-likeness (QED) is 0.812. The Bertz CT molecular complexity index is 502. The summed E-state index contributed by atoms with van der Waals surface area (Å²) in [6.07, 6.45) is 1.58. The summed E-state index contributed by atoms with van der Waals surface area (Å²) in [7, 11) is 0. The van der Waals surface area contributed by atoms with E-state index < -0.39 is 5.54 Å². The molecule has 3 nitrogen and oxygen atoms in total. The van der Waals surface area contributed by atoms with E-state index >= 15 is 0 Å². The molecule has 4 heteroatoms. The molecule has 1 atom stereocenters. The van der Waals surface area contributed by atoms with Crippen LogP contribution in [0.4, 0.5) is 4.39 Å². The van der Waals surface area contributed by atoms with Crippen LogP contribution in [0.5, 0.6) is 0 Å². The standard InChI is InChI=1S/C14H16FN3/c15-12-1-2-13-11(9-12)3-4-14(13,10-16)18-7-5-17-6-8-18/h1-2,9,17H,3-8H2. The third-order valence-corrected chi connectivity index (χ3v) is 4.11. The molecule has 1 N–H and O–H groups in total. The van der Waals surface area contributed by atoms with E-state index in [-0.39, 0.29) is 5.82 Å². The Kier molecular flexibility index (Phi) is 2.81. The molecule has 0 radical (unpaired) electrons. The number of fused-ring (bicyclic) bond motifs is 1. The van der Waals surface area contributed by atoms with E-state index in [4.69, 9.17) is 0 Å². The molecular formula is C14H16FN3. The first-order valence-electron chi connectivity index (χ1n) is 6.42. The van der Waals surface area contributed by atoms with Gasteiger partial charge in [-0.3, -0.25) is 4.90 Å². The maximum Gasteiger partial charge on any atom is 0.135 e. The van der Waals surface area contributed by atoms with Crippen molar-refractivity contribution < 1.29 is 4.39 Å². The zero-order valence-electron chi connectivity index (χ0n) is 10.2. The van der Waals surface area contributed by atoms with E-state index in [1.807, 2.05) is 0 Å². The van der Waals surface area contributed by atoms with Crippen molar-refractivity contribution in [1.29, 1.82) is 5.26 Å². The Labute approximate surface area is 106 Å². The van der Waals surface area contributed by atoms with Crippen molar-refractivity contribution in [2.45, 2.75) is 18.4 Å². The number of hydrogen-bond acceptors (Lipinski definition) is 3. The van der Waals surface area contributed by atoms with Crippen LogP contribution < -0.4 is 5.32 Å². The molecule has 0 bridgehead atoms. The Balaban J connectivity index is 2.02. The Morgan fingerprint density at radius 3 is 2.83 bits per heavy atom. The molecule has 0 spiro atoms. The highest BCUT2D eigenvalue weighted by Crippen LogP contribution is 2.41. The van der Waals surface area contributed by atoms with Crippen molar-refractivity contribution in [3.63, 3.8) is 0 Å². The third-order valence-electron chi connectivity index (χ3n) is 4.11. The average molecular weight is 245 g/mol. The van der Waals surface area contributed by atoms with E-state index in [0.29, 0.717) is 0 Å². The van der Waals surface area contributed by atoms with E-state index in [2.05, 4.69) is 16.3 Å². The lowest BCUT2D eigenvalue weighted by atomic mass is 9.90. The van der Waals surface area contributed by atoms with Gasteiger partial charge in [-0.05, 0) is 36.1 Å². The fraction of sp³-hybridized carbons (Fsp3) is 0.500. The molecule has 94 valence electrons. The minimum Gasteiger partial charge on any atom is -0.314 e. The molecule has 18 heavy (non-hydrogen) atoms. The number of nitrogens with zero attached hydrogens (tertiary/aromatic N) is 2. The van der Waals surface area contributed by atoms with Gasteiger partial charge < -0.3 is 5.32 Å². The van der Waals surface area contributed by atoms with Gasteiger partial charge in [-0.2, -0.15) is 5.26 Å². The average Bonchev–Trinajstić information content (AvgIpc) is 2.79. The lowest BCUT2D eigenvalue weighted by Gasteiger charge is -2.39. The predicted molar refractivity (Wildman–Crippen MR) is 66.5 cm³/mol. The second-order valence-corrected chi connectivity index (χ2v) is 5.01. The highest BCUT2D eigenvalue weighted by atomic mass is 19.1. The molecule has 1 aromatic rings. The molecule has 3 rings (SSSR count). The second kappa shape index (κ2) is 4.34. The van der Waals surface area contributed by atoms with Crippen LogP contribution in [0.2, 0.25) is 0 Å². The maximum atomic E-state index is 13.3. The Morgan fingerprint density at radius 2 is 2.11 bits per heavy atom. The van der Waals surface area contributed by atoms with Gasteiger partial charge in [0.1, 0.15) is 11.4 Å². The Morgan fingerprint density at radius 1 is 1.33 bits per heavy atom. The van der Waals surface area contributed by atoms with Crippen molar-refractivity contribution in [1.82, 2.24) is 10.2 Å². The number of aryl methyl sites for hydroxylation is 1. The van der Waals surface area contributed by atoms with E-state index in [9.17, 15) is 9.65 Å². The highest BCUT2D eigenvalue weighted by Gasteiger charge is 2.44. The van der Waals surface area contributed by atoms with Gasteiger partial charge in [-0.25, -0.2) is 4.39 Å². The second-order valence-electron chi connectivity index (χ2n) is 5.01. The summed E-state index contributed by atoms with van der Waals surface area (Å²) in [5, 5.41) is 13.0. The topological polar surface area (TPSA) is 39.1 Å². The first-order valence-corrected chi connectivity index (χ1v) is 6.42.